The van der Waals surface area contributed by atoms with Gasteiger partial charge in [-0.15, -0.1) is 0 Å². The van der Waals surface area contributed by atoms with Crippen molar-refractivity contribution in [3.8, 4) is 0 Å². The van der Waals surface area contributed by atoms with Gasteiger partial charge < -0.3 is 9.64 Å². The number of rotatable bonds is 4. The molecule has 116 valence electrons. The molecule has 0 amide bonds. The third kappa shape index (κ3) is 2.96. The summed E-state index contributed by atoms with van der Waals surface area (Å²) in [5.41, 5.74) is 1.32. The van der Waals surface area contributed by atoms with E-state index >= 15 is 0 Å². The molecule has 0 radical (unpaired) electrons. The van der Waals surface area contributed by atoms with Crippen molar-refractivity contribution in [2.75, 3.05) is 20.3 Å². The van der Waals surface area contributed by atoms with Crippen LogP contribution in [0.1, 0.15) is 37.7 Å². The maximum atomic E-state index is 6.23. The molecule has 0 aliphatic carbocycles. The summed E-state index contributed by atoms with van der Waals surface area (Å²) in [4.78, 5) is 2.57. The Kier molecular flexibility index (Phi) is 4.80. The third-order valence-electron chi connectivity index (χ3n) is 5.32. The lowest BCUT2D eigenvalue weighted by Crippen LogP contribution is -2.47. The van der Waals surface area contributed by atoms with E-state index in [4.69, 9.17) is 27.9 Å². The summed E-state index contributed by atoms with van der Waals surface area (Å²) in [5.74, 6) is 1.07. The van der Waals surface area contributed by atoms with Crippen LogP contribution < -0.4 is 0 Å². The number of hydrogen-bond acceptors (Lipinski definition) is 2. The lowest BCUT2D eigenvalue weighted by molar-refractivity contribution is 0.0253. The molecule has 1 aromatic rings. The highest BCUT2D eigenvalue weighted by molar-refractivity contribution is 6.42. The van der Waals surface area contributed by atoms with E-state index in [0.29, 0.717) is 34.0 Å². The van der Waals surface area contributed by atoms with Gasteiger partial charge in [0.25, 0.3) is 0 Å². The van der Waals surface area contributed by atoms with Crippen molar-refractivity contribution < 1.29 is 4.74 Å². The average molecular weight is 328 g/mol. The van der Waals surface area contributed by atoms with Gasteiger partial charge in [0.05, 0.1) is 16.7 Å². The van der Waals surface area contributed by atoms with Crippen LogP contribution in [0.25, 0.3) is 0 Å². The molecule has 0 aromatic heterocycles. The monoisotopic (exact) mass is 327 g/mol. The van der Waals surface area contributed by atoms with Crippen LogP contribution in [-0.4, -0.2) is 37.2 Å². The predicted octanol–water partition coefficient (Wildman–Crippen LogP) is 4.60. The van der Waals surface area contributed by atoms with E-state index < -0.39 is 0 Å². The van der Waals surface area contributed by atoms with Crippen molar-refractivity contribution in [1.82, 2.24) is 4.90 Å². The number of fused-ring (bicyclic) bond motifs is 2. The third-order valence-corrected chi connectivity index (χ3v) is 6.06. The zero-order chi connectivity index (χ0) is 15.0. The van der Waals surface area contributed by atoms with Gasteiger partial charge in [-0.3, -0.25) is 0 Å². The van der Waals surface area contributed by atoms with E-state index in [1.54, 1.807) is 0 Å². The van der Waals surface area contributed by atoms with Gasteiger partial charge in [0.15, 0.2) is 0 Å². The van der Waals surface area contributed by atoms with E-state index in [1.165, 1.54) is 24.8 Å². The summed E-state index contributed by atoms with van der Waals surface area (Å²) in [7, 11) is 2.27. The zero-order valence-corrected chi connectivity index (χ0v) is 14.2. The van der Waals surface area contributed by atoms with Crippen LogP contribution in [0.15, 0.2) is 18.2 Å². The molecular weight excluding hydrogens is 305 g/mol. The summed E-state index contributed by atoms with van der Waals surface area (Å²) in [6, 6.07) is 7.46. The first-order chi connectivity index (χ1) is 10.1. The molecule has 1 aromatic carbocycles. The maximum Gasteiger partial charge on any atom is 0.0595 e. The number of benzene rings is 1. The molecule has 2 heterocycles. The molecule has 2 bridgehead atoms. The van der Waals surface area contributed by atoms with Crippen molar-refractivity contribution in [3.05, 3.63) is 33.8 Å². The van der Waals surface area contributed by atoms with Crippen molar-refractivity contribution in [2.24, 2.45) is 5.92 Å². The predicted molar refractivity (Wildman–Crippen MR) is 88.4 cm³/mol. The minimum absolute atomic E-state index is 0.528. The Bertz CT molecular complexity index is 508. The summed E-state index contributed by atoms with van der Waals surface area (Å²) in [5, 5.41) is 1.30. The molecule has 0 saturated carbocycles. The van der Waals surface area contributed by atoms with E-state index in [9.17, 15) is 0 Å². The van der Waals surface area contributed by atoms with Crippen LogP contribution in [0.4, 0.5) is 0 Å². The Morgan fingerprint density at radius 3 is 2.76 bits per heavy atom. The fourth-order valence-electron chi connectivity index (χ4n) is 4.18. The molecule has 2 aliphatic heterocycles. The molecule has 2 saturated heterocycles. The number of nitrogens with zero attached hydrogens (tertiary/aromatic N) is 1. The van der Waals surface area contributed by atoms with Crippen molar-refractivity contribution in [2.45, 2.75) is 44.2 Å². The number of hydrogen-bond donors (Lipinski definition) is 0. The smallest absolute Gasteiger partial charge is 0.0595 e. The van der Waals surface area contributed by atoms with Gasteiger partial charge in [-0.1, -0.05) is 29.3 Å². The molecular formula is C17H23Cl2NO. The summed E-state index contributed by atoms with van der Waals surface area (Å²) in [6.07, 6.45) is 3.79. The molecule has 2 unspecified atom stereocenters. The zero-order valence-electron chi connectivity index (χ0n) is 12.7. The highest BCUT2D eigenvalue weighted by atomic mass is 35.5. The Morgan fingerprint density at radius 2 is 2.05 bits per heavy atom. The number of ether oxygens (including phenoxy) is 1. The number of piperidine rings is 1. The molecule has 2 nitrogen and oxygen atoms in total. The fraction of sp³-hybridized carbons (Fsp3) is 0.647. The van der Waals surface area contributed by atoms with Gasteiger partial charge in [-0.05, 0) is 56.8 Å². The second-order valence-electron chi connectivity index (χ2n) is 6.30. The first kappa shape index (κ1) is 15.6. The summed E-state index contributed by atoms with van der Waals surface area (Å²) in [6.45, 7) is 3.69. The fourth-order valence-corrected chi connectivity index (χ4v) is 4.49. The van der Waals surface area contributed by atoms with Gasteiger partial charge in [0.2, 0.25) is 0 Å². The highest BCUT2D eigenvalue weighted by Gasteiger charge is 2.45. The van der Waals surface area contributed by atoms with Crippen LogP contribution in [0.3, 0.4) is 0 Å². The molecule has 0 N–H and O–H groups in total. The lowest BCUT2D eigenvalue weighted by Gasteiger charge is -2.43. The van der Waals surface area contributed by atoms with E-state index in [2.05, 4.69) is 31.0 Å². The van der Waals surface area contributed by atoms with E-state index in [-0.39, 0.29) is 0 Å². The van der Waals surface area contributed by atoms with Crippen molar-refractivity contribution in [3.63, 3.8) is 0 Å². The molecule has 4 heteroatoms. The Morgan fingerprint density at radius 1 is 1.24 bits per heavy atom. The summed E-state index contributed by atoms with van der Waals surface area (Å²) < 4.78 is 5.79. The largest absolute Gasteiger partial charge is 0.381 e. The Labute approximate surface area is 137 Å². The number of halogens is 2. The van der Waals surface area contributed by atoms with E-state index in [0.717, 1.165) is 13.2 Å². The normalized spacial score (nSPS) is 32.6. The Balaban J connectivity index is 1.88. The molecule has 21 heavy (non-hydrogen) atoms. The van der Waals surface area contributed by atoms with Gasteiger partial charge in [0, 0.05) is 24.6 Å². The second kappa shape index (κ2) is 6.45. The van der Waals surface area contributed by atoms with Gasteiger partial charge in [0.1, 0.15) is 0 Å². The van der Waals surface area contributed by atoms with Crippen molar-refractivity contribution >= 4 is 23.2 Å². The Hall–Kier alpha value is -0.280. The average Bonchev–Trinajstić information content (AvgIpc) is 2.72. The van der Waals surface area contributed by atoms with Crippen LogP contribution in [0.2, 0.25) is 10.0 Å². The second-order valence-corrected chi connectivity index (χ2v) is 7.12. The minimum Gasteiger partial charge on any atom is -0.381 e. The van der Waals surface area contributed by atoms with Crippen LogP contribution >= 0.6 is 23.2 Å². The van der Waals surface area contributed by atoms with Crippen LogP contribution in [0, 0.1) is 5.92 Å². The molecule has 2 fully saturated rings. The molecule has 0 spiro atoms. The van der Waals surface area contributed by atoms with Gasteiger partial charge in [-0.2, -0.15) is 0 Å². The quantitative estimate of drug-likeness (QED) is 0.801. The molecule has 4 atom stereocenters. The van der Waals surface area contributed by atoms with E-state index in [1.807, 2.05) is 6.07 Å². The van der Waals surface area contributed by atoms with Crippen LogP contribution in [-0.2, 0) is 4.74 Å². The minimum atomic E-state index is 0.528. The SMILES string of the molecule is CCOCC1C2CC[C@H](C[C@@H]1c1ccc(Cl)c(Cl)c1)N2C. The van der Waals surface area contributed by atoms with Crippen LogP contribution in [0.5, 0.6) is 0 Å². The van der Waals surface area contributed by atoms with Gasteiger partial charge in [-0.25, -0.2) is 0 Å². The summed E-state index contributed by atoms with van der Waals surface area (Å²) >= 11 is 12.3. The molecule has 3 rings (SSSR count). The molecule has 2 aliphatic rings. The van der Waals surface area contributed by atoms with Gasteiger partial charge >= 0.3 is 0 Å². The van der Waals surface area contributed by atoms with Crippen molar-refractivity contribution in [1.29, 1.82) is 0 Å². The first-order valence-corrected chi connectivity index (χ1v) is 8.62. The topological polar surface area (TPSA) is 12.5 Å². The first-order valence-electron chi connectivity index (χ1n) is 7.86. The highest BCUT2D eigenvalue weighted by Crippen LogP contribution is 2.46. The lowest BCUT2D eigenvalue weighted by atomic mass is 9.76. The maximum absolute atomic E-state index is 6.23. The standard InChI is InChI=1S/C17H23Cl2NO/c1-3-21-10-14-13(9-12-5-7-17(14)20(12)2)11-4-6-15(18)16(19)8-11/h4,6,8,12-14,17H,3,5,7,9-10H2,1-2H3/t12-,13-,14?,17?/m1/s1.